The summed E-state index contributed by atoms with van der Waals surface area (Å²) in [4.78, 5) is 23.5. The number of carbonyl (C=O) groups is 1. The van der Waals surface area contributed by atoms with Crippen LogP contribution in [0.3, 0.4) is 0 Å². The Morgan fingerprint density at radius 1 is 1.33 bits per heavy atom. The molecule has 0 spiro atoms. The maximum atomic E-state index is 12.2. The Morgan fingerprint density at radius 3 is 2.83 bits per heavy atom. The number of aryl methyl sites for hydroxylation is 2. The minimum absolute atomic E-state index is 0.213. The molecule has 0 atom stereocenters. The van der Waals surface area contributed by atoms with Crippen molar-refractivity contribution in [2.45, 2.75) is 26.3 Å². The van der Waals surface area contributed by atoms with Gasteiger partial charge in [0.15, 0.2) is 0 Å². The van der Waals surface area contributed by atoms with Gasteiger partial charge in [-0.25, -0.2) is 4.68 Å². The fourth-order valence-corrected chi connectivity index (χ4v) is 2.32. The standard InChI is InChI=1S/C18H21N3O3/c1-12-3-6-14(16(9-12)24-11-13-4-5-13)10-19-18(23)15-7-8-17(22)21(2)20-15/h3,6-9,13H,4-5,10-11H2,1-2H3,(H,19,23). The van der Waals surface area contributed by atoms with Gasteiger partial charge in [-0.15, -0.1) is 0 Å². The first-order valence-corrected chi connectivity index (χ1v) is 8.08. The molecule has 1 aliphatic rings. The van der Waals surface area contributed by atoms with Gasteiger partial charge < -0.3 is 10.1 Å². The van der Waals surface area contributed by atoms with Crippen LogP contribution in [-0.4, -0.2) is 22.3 Å². The molecule has 0 radical (unpaired) electrons. The van der Waals surface area contributed by atoms with Gasteiger partial charge in [0.25, 0.3) is 11.5 Å². The highest BCUT2D eigenvalue weighted by Gasteiger charge is 2.22. The number of nitrogens with one attached hydrogen (secondary N) is 1. The lowest BCUT2D eigenvalue weighted by Gasteiger charge is -2.13. The van der Waals surface area contributed by atoms with Gasteiger partial charge in [0, 0.05) is 25.2 Å². The number of aromatic nitrogens is 2. The van der Waals surface area contributed by atoms with Crippen molar-refractivity contribution in [3.63, 3.8) is 0 Å². The lowest BCUT2D eigenvalue weighted by molar-refractivity contribution is 0.0943. The third kappa shape index (κ3) is 4.01. The second-order valence-electron chi connectivity index (χ2n) is 6.23. The van der Waals surface area contributed by atoms with Gasteiger partial charge in [-0.05, 0) is 43.4 Å². The average Bonchev–Trinajstić information content (AvgIpc) is 3.38. The first kappa shape index (κ1) is 16.2. The van der Waals surface area contributed by atoms with Gasteiger partial charge in [-0.1, -0.05) is 12.1 Å². The minimum Gasteiger partial charge on any atom is -0.493 e. The summed E-state index contributed by atoms with van der Waals surface area (Å²) in [5.41, 5.74) is 2.01. The average molecular weight is 327 g/mol. The van der Waals surface area contributed by atoms with E-state index in [4.69, 9.17) is 4.74 Å². The van der Waals surface area contributed by atoms with E-state index < -0.39 is 0 Å². The van der Waals surface area contributed by atoms with E-state index in [1.165, 1.54) is 32.0 Å². The first-order chi connectivity index (χ1) is 11.5. The van der Waals surface area contributed by atoms with Crippen LogP contribution in [0.15, 0.2) is 35.1 Å². The lowest BCUT2D eigenvalue weighted by Crippen LogP contribution is -2.28. The van der Waals surface area contributed by atoms with Crippen LogP contribution in [0.2, 0.25) is 0 Å². The maximum absolute atomic E-state index is 12.2. The molecule has 24 heavy (non-hydrogen) atoms. The molecule has 1 heterocycles. The molecule has 0 saturated heterocycles. The van der Waals surface area contributed by atoms with Gasteiger partial charge in [-0.3, -0.25) is 9.59 Å². The molecule has 0 unspecified atom stereocenters. The lowest BCUT2D eigenvalue weighted by atomic mass is 10.1. The van der Waals surface area contributed by atoms with Crippen LogP contribution >= 0.6 is 0 Å². The summed E-state index contributed by atoms with van der Waals surface area (Å²) in [6.07, 6.45) is 2.46. The van der Waals surface area contributed by atoms with Crippen molar-refractivity contribution in [1.82, 2.24) is 15.1 Å². The Hall–Kier alpha value is -2.63. The largest absolute Gasteiger partial charge is 0.493 e. The van der Waals surface area contributed by atoms with Crippen LogP contribution in [0, 0.1) is 12.8 Å². The van der Waals surface area contributed by atoms with Crippen LogP contribution in [0.25, 0.3) is 0 Å². The smallest absolute Gasteiger partial charge is 0.271 e. The number of carbonyl (C=O) groups excluding carboxylic acids is 1. The fraction of sp³-hybridized carbons (Fsp3) is 0.389. The Balaban J connectivity index is 1.67. The Morgan fingerprint density at radius 2 is 2.12 bits per heavy atom. The first-order valence-electron chi connectivity index (χ1n) is 8.08. The van der Waals surface area contributed by atoms with E-state index in [0.29, 0.717) is 12.5 Å². The SMILES string of the molecule is Cc1ccc(CNC(=O)c2ccc(=O)n(C)n2)c(OCC2CC2)c1. The van der Waals surface area contributed by atoms with Crippen molar-refractivity contribution in [2.75, 3.05) is 6.61 Å². The van der Waals surface area contributed by atoms with E-state index in [9.17, 15) is 9.59 Å². The van der Waals surface area contributed by atoms with Crippen LogP contribution in [0.1, 0.15) is 34.5 Å². The van der Waals surface area contributed by atoms with Crippen LogP contribution < -0.4 is 15.6 Å². The topological polar surface area (TPSA) is 73.2 Å². The van der Waals surface area contributed by atoms with Crippen molar-refractivity contribution < 1.29 is 9.53 Å². The quantitative estimate of drug-likeness (QED) is 0.878. The van der Waals surface area contributed by atoms with E-state index in [2.05, 4.69) is 10.4 Å². The third-order valence-corrected chi connectivity index (χ3v) is 4.03. The molecular weight excluding hydrogens is 306 g/mol. The summed E-state index contributed by atoms with van der Waals surface area (Å²) < 4.78 is 7.05. The molecule has 1 amide bonds. The number of amides is 1. The summed E-state index contributed by atoms with van der Waals surface area (Å²) in [5, 5.41) is 6.78. The highest BCUT2D eigenvalue weighted by atomic mass is 16.5. The van der Waals surface area contributed by atoms with Crippen molar-refractivity contribution in [1.29, 1.82) is 0 Å². The summed E-state index contributed by atoms with van der Waals surface area (Å²) in [6, 6.07) is 8.71. The molecule has 6 nitrogen and oxygen atoms in total. The summed E-state index contributed by atoms with van der Waals surface area (Å²) in [6.45, 7) is 3.09. The molecular formula is C18H21N3O3. The van der Waals surface area contributed by atoms with E-state index in [0.717, 1.165) is 28.2 Å². The van der Waals surface area contributed by atoms with E-state index in [-0.39, 0.29) is 17.2 Å². The van der Waals surface area contributed by atoms with Crippen molar-refractivity contribution in [2.24, 2.45) is 13.0 Å². The predicted octanol–water partition coefficient (Wildman–Crippen LogP) is 1.81. The molecule has 1 aromatic carbocycles. The normalized spacial score (nSPS) is 13.6. The number of rotatable bonds is 6. The van der Waals surface area contributed by atoms with Gasteiger partial charge >= 0.3 is 0 Å². The summed E-state index contributed by atoms with van der Waals surface area (Å²) in [7, 11) is 1.52. The zero-order chi connectivity index (χ0) is 17.1. The zero-order valence-corrected chi connectivity index (χ0v) is 13.9. The number of nitrogens with zero attached hydrogens (tertiary/aromatic N) is 2. The van der Waals surface area contributed by atoms with Crippen LogP contribution in [-0.2, 0) is 13.6 Å². The minimum atomic E-state index is -0.320. The molecule has 0 bridgehead atoms. The van der Waals surface area contributed by atoms with Gasteiger partial charge in [0.2, 0.25) is 0 Å². The maximum Gasteiger partial charge on any atom is 0.271 e. The second-order valence-corrected chi connectivity index (χ2v) is 6.23. The molecule has 1 fully saturated rings. The highest BCUT2D eigenvalue weighted by molar-refractivity contribution is 5.91. The monoisotopic (exact) mass is 327 g/mol. The fourth-order valence-electron chi connectivity index (χ4n) is 2.32. The molecule has 1 aromatic heterocycles. The molecule has 126 valence electrons. The highest BCUT2D eigenvalue weighted by Crippen LogP contribution is 2.30. The Kier molecular flexibility index (Phi) is 4.64. The number of benzene rings is 1. The number of ether oxygens (including phenoxy) is 1. The van der Waals surface area contributed by atoms with E-state index in [1.807, 2.05) is 25.1 Å². The molecule has 0 aliphatic heterocycles. The Labute approximate surface area is 140 Å². The Bertz CT molecular complexity index is 809. The number of hydrogen-bond donors (Lipinski definition) is 1. The molecule has 2 aromatic rings. The van der Waals surface area contributed by atoms with Crippen molar-refractivity contribution >= 4 is 5.91 Å². The molecule has 1 N–H and O–H groups in total. The van der Waals surface area contributed by atoms with Gasteiger partial charge in [0.1, 0.15) is 11.4 Å². The van der Waals surface area contributed by atoms with Crippen LogP contribution in [0.5, 0.6) is 5.75 Å². The number of hydrogen-bond acceptors (Lipinski definition) is 4. The van der Waals surface area contributed by atoms with Gasteiger partial charge in [0.05, 0.1) is 6.61 Å². The van der Waals surface area contributed by atoms with Crippen molar-refractivity contribution in [3.05, 3.63) is 57.5 Å². The second kappa shape index (κ2) is 6.86. The van der Waals surface area contributed by atoms with E-state index in [1.54, 1.807) is 0 Å². The van der Waals surface area contributed by atoms with Gasteiger partial charge in [-0.2, -0.15) is 5.10 Å². The van der Waals surface area contributed by atoms with E-state index >= 15 is 0 Å². The molecule has 3 rings (SSSR count). The molecule has 6 heteroatoms. The molecule has 1 aliphatic carbocycles. The summed E-state index contributed by atoms with van der Waals surface area (Å²) >= 11 is 0. The third-order valence-electron chi connectivity index (χ3n) is 4.03. The van der Waals surface area contributed by atoms with Crippen molar-refractivity contribution in [3.8, 4) is 5.75 Å². The molecule has 1 saturated carbocycles. The van der Waals surface area contributed by atoms with Crippen LogP contribution in [0.4, 0.5) is 0 Å². The predicted molar refractivity (Wildman–Crippen MR) is 90.0 cm³/mol. The summed E-state index contributed by atoms with van der Waals surface area (Å²) in [5.74, 6) is 1.16. The zero-order valence-electron chi connectivity index (χ0n) is 13.9.